The lowest BCUT2D eigenvalue weighted by Crippen LogP contribution is -2.14. The summed E-state index contributed by atoms with van der Waals surface area (Å²) in [6.07, 6.45) is 0.532. The zero-order valence-corrected chi connectivity index (χ0v) is 14.0. The van der Waals surface area contributed by atoms with Gasteiger partial charge in [-0.05, 0) is 57.7 Å². The maximum atomic E-state index is 13.5. The Labute approximate surface area is 134 Å². The van der Waals surface area contributed by atoms with Crippen molar-refractivity contribution in [2.45, 2.75) is 12.5 Å². The van der Waals surface area contributed by atoms with Gasteiger partial charge in [0.25, 0.3) is 0 Å². The fourth-order valence-corrected chi connectivity index (χ4v) is 2.95. The van der Waals surface area contributed by atoms with Crippen molar-refractivity contribution in [2.75, 3.05) is 7.11 Å². The van der Waals surface area contributed by atoms with E-state index in [2.05, 4.69) is 31.9 Å². The summed E-state index contributed by atoms with van der Waals surface area (Å²) < 4.78 is 20.1. The van der Waals surface area contributed by atoms with Crippen LogP contribution in [0.4, 0.5) is 4.39 Å². The van der Waals surface area contributed by atoms with Crippen LogP contribution in [0.3, 0.4) is 0 Å². The smallest absolute Gasteiger partial charge is 0.137 e. The van der Waals surface area contributed by atoms with Crippen LogP contribution in [0.5, 0.6) is 5.75 Å². The molecule has 0 spiro atoms. The first-order chi connectivity index (χ1) is 9.52. The summed E-state index contributed by atoms with van der Waals surface area (Å²) in [5, 5.41) is 0. The average Bonchev–Trinajstić information content (AvgIpc) is 2.44. The van der Waals surface area contributed by atoms with E-state index in [0.29, 0.717) is 10.9 Å². The molecule has 2 rings (SSSR count). The van der Waals surface area contributed by atoms with E-state index in [0.717, 1.165) is 21.3 Å². The highest BCUT2D eigenvalue weighted by Gasteiger charge is 2.14. The van der Waals surface area contributed by atoms with Crippen LogP contribution in [0.25, 0.3) is 0 Å². The molecule has 2 aromatic carbocycles. The van der Waals surface area contributed by atoms with Gasteiger partial charge in [-0.3, -0.25) is 0 Å². The number of hydrogen-bond acceptors (Lipinski definition) is 2. The van der Waals surface area contributed by atoms with Crippen LogP contribution < -0.4 is 10.5 Å². The van der Waals surface area contributed by atoms with E-state index >= 15 is 0 Å². The maximum absolute atomic E-state index is 13.5. The molecule has 0 radical (unpaired) electrons. The second-order valence-electron chi connectivity index (χ2n) is 4.41. The Hall–Kier alpha value is -0.910. The summed E-state index contributed by atoms with van der Waals surface area (Å²) in [5.74, 6) is 0.469. The molecule has 0 aromatic heterocycles. The molecule has 2 nitrogen and oxygen atoms in total. The Morgan fingerprint density at radius 3 is 2.70 bits per heavy atom. The first-order valence-electron chi connectivity index (χ1n) is 6.05. The van der Waals surface area contributed by atoms with Gasteiger partial charge in [0, 0.05) is 10.5 Å². The number of halogens is 3. The monoisotopic (exact) mass is 401 g/mol. The normalized spacial score (nSPS) is 12.2. The molecule has 5 heteroatoms. The summed E-state index contributed by atoms with van der Waals surface area (Å²) >= 11 is 6.75. The summed E-state index contributed by atoms with van der Waals surface area (Å²) in [4.78, 5) is 0. The van der Waals surface area contributed by atoms with Crippen molar-refractivity contribution >= 4 is 31.9 Å². The standard InChI is InChI=1S/C15H14Br2FNO/c1-20-10-5-6-12(16)11(8-10)14(19)7-9-3-2-4-13(18)15(9)17/h2-6,8,14H,7,19H2,1H3. The number of nitrogens with two attached hydrogens (primary N) is 1. The van der Waals surface area contributed by atoms with Gasteiger partial charge >= 0.3 is 0 Å². The third-order valence-corrected chi connectivity index (χ3v) is 4.68. The fourth-order valence-electron chi connectivity index (χ4n) is 1.99. The predicted molar refractivity (Wildman–Crippen MR) is 85.4 cm³/mol. The van der Waals surface area contributed by atoms with Crippen LogP contribution in [-0.4, -0.2) is 7.11 Å². The van der Waals surface area contributed by atoms with E-state index in [1.807, 2.05) is 24.3 Å². The van der Waals surface area contributed by atoms with Gasteiger partial charge in [0.2, 0.25) is 0 Å². The SMILES string of the molecule is COc1ccc(Br)c(C(N)Cc2cccc(F)c2Br)c1. The Morgan fingerprint density at radius 1 is 1.25 bits per heavy atom. The second-order valence-corrected chi connectivity index (χ2v) is 6.06. The molecule has 0 fully saturated rings. The highest BCUT2D eigenvalue weighted by Crippen LogP contribution is 2.30. The molecule has 2 aromatic rings. The van der Waals surface area contributed by atoms with Crippen molar-refractivity contribution in [2.24, 2.45) is 5.73 Å². The summed E-state index contributed by atoms with van der Waals surface area (Å²) in [7, 11) is 1.61. The van der Waals surface area contributed by atoms with E-state index in [1.54, 1.807) is 13.2 Å². The lowest BCUT2D eigenvalue weighted by Gasteiger charge is -2.16. The van der Waals surface area contributed by atoms with E-state index in [-0.39, 0.29) is 11.9 Å². The van der Waals surface area contributed by atoms with Crippen LogP contribution in [0.15, 0.2) is 45.3 Å². The Morgan fingerprint density at radius 2 is 2.00 bits per heavy atom. The van der Waals surface area contributed by atoms with Gasteiger partial charge in [-0.25, -0.2) is 4.39 Å². The van der Waals surface area contributed by atoms with Crippen molar-refractivity contribution < 1.29 is 9.13 Å². The lowest BCUT2D eigenvalue weighted by atomic mass is 9.99. The molecule has 0 heterocycles. The number of ether oxygens (including phenoxy) is 1. The minimum atomic E-state index is -0.278. The molecule has 0 saturated carbocycles. The largest absolute Gasteiger partial charge is 0.497 e. The van der Waals surface area contributed by atoms with Crippen molar-refractivity contribution in [3.63, 3.8) is 0 Å². The second kappa shape index (κ2) is 6.70. The van der Waals surface area contributed by atoms with Crippen LogP contribution in [0.2, 0.25) is 0 Å². The van der Waals surface area contributed by atoms with Gasteiger partial charge in [0.15, 0.2) is 0 Å². The number of benzene rings is 2. The van der Waals surface area contributed by atoms with Crippen molar-refractivity contribution in [1.29, 1.82) is 0 Å². The predicted octanol–water partition coefficient (Wildman–Crippen LogP) is 4.60. The van der Waals surface area contributed by atoms with Gasteiger partial charge in [-0.1, -0.05) is 28.1 Å². The molecule has 20 heavy (non-hydrogen) atoms. The molecule has 0 aliphatic heterocycles. The van der Waals surface area contributed by atoms with Crippen LogP contribution in [-0.2, 0) is 6.42 Å². The summed E-state index contributed by atoms with van der Waals surface area (Å²) in [5.41, 5.74) is 8.01. The molecule has 0 bridgehead atoms. The average molecular weight is 403 g/mol. The van der Waals surface area contributed by atoms with Gasteiger partial charge < -0.3 is 10.5 Å². The molecule has 2 N–H and O–H groups in total. The van der Waals surface area contributed by atoms with Crippen molar-refractivity contribution in [3.05, 3.63) is 62.3 Å². The number of methoxy groups -OCH3 is 1. The maximum Gasteiger partial charge on any atom is 0.137 e. The molecule has 0 saturated heterocycles. The van der Waals surface area contributed by atoms with Gasteiger partial charge in [0.05, 0.1) is 11.6 Å². The Balaban J connectivity index is 2.28. The van der Waals surface area contributed by atoms with E-state index in [9.17, 15) is 4.39 Å². The molecule has 0 aliphatic carbocycles. The molecule has 0 aliphatic rings. The van der Waals surface area contributed by atoms with Gasteiger partial charge in [-0.2, -0.15) is 0 Å². The number of rotatable bonds is 4. The van der Waals surface area contributed by atoms with Gasteiger partial charge in [0.1, 0.15) is 11.6 Å². The molecule has 1 unspecified atom stereocenters. The Bertz CT molecular complexity index is 619. The molecular weight excluding hydrogens is 389 g/mol. The van der Waals surface area contributed by atoms with Gasteiger partial charge in [-0.15, -0.1) is 0 Å². The quantitative estimate of drug-likeness (QED) is 0.810. The zero-order valence-electron chi connectivity index (χ0n) is 10.9. The molecule has 1 atom stereocenters. The van der Waals surface area contributed by atoms with Crippen molar-refractivity contribution in [1.82, 2.24) is 0 Å². The molecule has 106 valence electrons. The lowest BCUT2D eigenvalue weighted by molar-refractivity contribution is 0.413. The Kier molecular flexibility index (Phi) is 5.18. The first-order valence-corrected chi connectivity index (χ1v) is 7.63. The van der Waals surface area contributed by atoms with E-state index in [4.69, 9.17) is 10.5 Å². The zero-order chi connectivity index (χ0) is 14.7. The topological polar surface area (TPSA) is 35.2 Å². The first kappa shape index (κ1) is 15.5. The van der Waals surface area contributed by atoms with E-state index < -0.39 is 0 Å². The highest BCUT2D eigenvalue weighted by atomic mass is 79.9. The highest BCUT2D eigenvalue weighted by molar-refractivity contribution is 9.10. The third-order valence-electron chi connectivity index (χ3n) is 3.07. The summed E-state index contributed by atoms with van der Waals surface area (Å²) in [6, 6.07) is 10.4. The van der Waals surface area contributed by atoms with E-state index in [1.165, 1.54) is 6.07 Å². The van der Waals surface area contributed by atoms with Crippen molar-refractivity contribution in [3.8, 4) is 5.75 Å². The van der Waals surface area contributed by atoms with Crippen LogP contribution in [0.1, 0.15) is 17.2 Å². The van der Waals surface area contributed by atoms with Crippen LogP contribution >= 0.6 is 31.9 Å². The fraction of sp³-hybridized carbons (Fsp3) is 0.200. The number of hydrogen-bond donors (Lipinski definition) is 1. The minimum absolute atomic E-state index is 0.252. The van der Waals surface area contributed by atoms with Crippen LogP contribution in [0, 0.1) is 5.82 Å². The molecular formula is C15H14Br2FNO. The summed E-state index contributed by atoms with van der Waals surface area (Å²) in [6.45, 7) is 0. The minimum Gasteiger partial charge on any atom is -0.497 e. The third kappa shape index (κ3) is 3.40. The molecule has 0 amide bonds.